The fourth-order valence-corrected chi connectivity index (χ4v) is 8.29. The Morgan fingerprint density at radius 3 is 2.34 bits per heavy atom. The average molecular weight is 780 g/mol. The van der Waals surface area contributed by atoms with E-state index in [1.54, 1.807) is 30.5 Å². The van der Waals surface area contributed by atoms with E-state index in [9.17, 15) is 19.5 Å². The number of nitrogens with zero attached hydrogens (tertiary/aromatic N) is 2. The standard InChI is InChI=1S/C48H49N3O7/c1-29-9-17-38(18-10-29)57-39-19-15-34(16-20-39)45-28-56-43-25-36-24-42(51(27-37(36)26-44(43)58-45)47(53)35-7-5-4-6-8-35)46(52)50-41(48(54)55)23-32-11-13-33(14-12-32)40-21-22-49-31(3)30(40)2/h4-8,11-16,19-22,25-26,29,38,41-42,45H,9-10,17-18,23-24,27-28H2,1-3H3,(H,50,52)(H,54,55)/t29?,38?,41-,42?,45+/m0/s1. The number of carboxylic acids is 1. The van der Waals surface area contributed by atoms with E-state index in [4.69, 9.17) is 14.2 Å². The van der Waals surface area contributed by atoms with Gasteiger partial charge in [-0.15, -0.1) is 0 Å². The van der Waals surface area contributed by atoms with Gasteiger partial charge in [0.2, 0.25) is 5.91 Å². The van der Waals surface area contributed by atoms with Gasteiger partial charge in [0.05, 0.1) is 6.10 Å². The topological polar surface area (TPSA) is 127 Å². The number of hydrogen-bond acceptors (Lipinski definition) is 7. The number of aliphatic carboxylic acids is 1. The Balaban J connectivity index is 0.988. The molecule has 0 saturated heterocycles. The SMILES string of the molecule is Cc1nccc(-c2ccc(C[C@H](NC(=O)C3Cc4cc5c(cc4CN3C(=O)c3ccccc3)O[C@@H](c3ccc(OC4CCC(C)CC4)cc3)CO5)C(=O)O)cc2)c1C. The summed E-state index contributed by atoms with van der Waals surface area (Å²) in [6.07, 6.45) is 6.48. The summed E-state index contributed by atoms with van der Waals surface area (Å²) in [6.45, 7) is 6.72. The van der Waals surface area contributed by atoms with Crippen LogP contribution >= 0.6 is 0 Å². The Labute approximate surface area is 339 Å². The third-order valence-corrected chi connectivity index (χ3v) is 11.9. The molecule has 2 N–H and O–H groups in total. The molecule has 3 atom stereocenters. The Morgan fingerprint density at radius 1 is 0.897 bits per heavy atom. The minimum absolute atomic E-state index is 0.0705. The second-order valence-electron chi connectivity index (χ2n) is 15.9. The summed E-state index contributed by atoms with van der Waals surface area (Å²) in [5.41, 5.74) is 7.89. The van der Waals surface area contributed by atoms with Crippen LogP contribution in [0.15, 0.2) is 103 Å². The molecule has 2 amide bonds. The van der Waals surface area contributed by atoms with Gasteiger partial charge in [-0.1, -0.05) is 61.5 Å². The van der Waals surface area contributed by atoms with Crippen molar-refractivity contribution >= 4 is 17.8 Å². The predicted octanol–water partition coefficient (Wildman–Crippen LogP) is 8.21. The molecular formula is C48H49N3O7. The van der Waals surface area contributed by atoms with E-state index in [1.165, 1.54) is 17.7 Å². The molecule has 1 fully saturated rings. The molecule has 0 spiro atoms. The first kappa shape index (κ1) is 38.7. The van der Waals surface area contributed by atoms with E-state index in [-0.39, 0.29) is 37.5 Å². The highest BCUT2D eigenvalue weighted by atomic mass is 16.6. The molecule has 3 aliphatic rings. The first-order chi connectivity index (χ1) is 28.1. The van der Waals surface area contributed by atoms with Crippen molar-refractivity contribution in [3.63, 3.8) is 0 Å². The summed E-state index contributed by atoms with van der Waals surface area (Å²) in [4.78, 5) is 46.7. The van der Waals surface area contributed by atoms with Crippen molar-refractivity contribution < 1.29 is 33.7 Å². The van der Waals surface area contributed by atoms with Crippen LogP contribution in [0.3, 0.4) is 0 Å². The molecular weight excluding hydrogens is 731 g/mol. The zero-order valence-electron chi connectivity index (χ0n) is 33.1. The van der Waals surface area contributed by atoms with Crippen molar-refractivity contribution in [2.24, 2.45) is 5.92 Å². The average Bonchev–Trinajstić information content (AvgIpc) is 3.24. The van der Waals surface area contributed by atoms with Crippen molar-refractivity contribution in [3.8, 4) is 28.4 Å². The number of pyridine rings is 1. The molecule has 1 unspecified atom stereocenters. The highest BCUT2D eigenvalue weighted by molar-refractivity contribution is 5.98. The summed E-state index contributed by atoms with van der Waals surface area (Å²) in [6, 6.07) is 28.1. The lowest BCUT2D eigenvalue weighted by molar-refractivity contribution is -0.142. The second-order valence-corrected chi connectivity index (χ2v) is 15.9. The summed E-state index contributed by atoms with van der Waals surface area (Å²) in [5.74, 6) is 0.713. The van der Waals surface area contributed by atoms with Crippen LogP contribution in [0.5, 0.6) is 17.2 Å². The smallest absolute Gasteiger partial charge is 0.326 e. The van der Waals surface area contributed by atoms with Crippen LogP contribution in [-0.4, -0.2) is 57.6 Å². The maximum Gasteiger partial charge on any atom is 0.326 e. The van der Waals surface area contributed by atoms with Gasteiger partial charge in [0.25, 0.3) is 5.91 Å². The number of ether oxygens (including phenoxy) is 3. The lowest BCUT2D eigenvalue weighted by Gasteiger charge is -2.37. The number of hydrogen-bond donors (Lipinski definition) is 2. The largest absolute Gasteiger partial charge is 0.490 e. The maximum absolute atomic E-state index is 14.2. The number of rotatable bonds is 10. The van der Waals surface area contributed by atoms with Crippen molar-refractivity contribution in [3.05, 3.63) is 142 Å². The Morgan fingerprint density at radius 2 is 1.62 bits per heavy atom. The highest BCUT2D eigenvalue weighted by Gasteiger charge is 2.38. The number of carbonyl (C=O) groups excluding carboxylic acids is 2. The van der Waals surface area contributed by atoms with Gasteiger partial charge in [-0.25, -0.2) is 4.79 Å². The van der Waals surface area contributed by atoms with E-state index in [1.807, 2.05) is 86.6 Å². The quantitative estimate of drug-likeness (QED) is 0.145. The number of carboxylic acid groups (broad SMARTS) is 1. The van der Waals surface area contributed by atoms with Gasteiger partial charge in [0.15, 0.2) is 17.6 Å². The lowest BCUT2D eigenvalue weighted by Crippen LogP contribution is -2.56. The minimum atomic E-state index is -1.22. The van der Waals surface area contributed by atoms with Crippen LogP contribution in [0.2, 0.25) is 0 Å². The van der Waals surface area contributed by atoms with Crippen LogP contribution in [0.4, 0.5) is 0 Å². The first-order valence-corrected chi connectivity index (χ1v) is 20.2. The van der Waals surface area contributed by atoms with Gasteiger partial charge < -0.3 is 29.5 Å². The third-order valence-electron chi connectivity index (χ3n) is 11.9. The molecule has 0 bridgehead atoms. The fraction of sp³-hybridized carbons (Fsp3) is 0.333. The third kappa shape index (κ3) is 8.42. The fourth-order valence-electron chi connectivity index (χ4n) is 8.29. The molecule has 1 aliphatic carbocycles. The highest BCUT2D eigenvalue weighted by Crippen LogP contribution is 2.41. The normalized spacial score (nSPS) is 20.4. The van der Waals surface area contributed by atoms with Gasteiger partial charge in [-0.05, 0) is 127 Å². The summed E-state index contributed by atoms with van der Waals surface area (Å²) in [7, 11) is 0. The molecule has 5 aromatic rings. The Kier molecular flexibility index (Phi) is 11.2. The van der Waals surface area contributed by atoms with Gasteiger partial charge in [0.1, 0.15) is 24.4 Å². The van der Waals surface area contributed by atoms with E-state index < -0.39 is 24.0 Å². The number of amides is 2. The molecule has 1 aromatic heterocycles. The maximum atomic E-state index is 14.2. The number of fused-ring (bicyclic) bond motifs is 2. The summed E-state index contributed by atoms with van der Waals surface area (Å²) in [5, 5.41) is 13.1. The van der Waals surface area contributed by atoms with Crippen molar-refractivity contribution in [2.45, 2.75) is 90.1 Å². The number of nitrogens with one attached hydrogen (secondary N) is 1. The van der Waals surface area contributed by atoms with Crippen LogP contribution < -0.4 is 19.5 Å². The monoisotopic (exact) mass is 779 g/mol. The van der Waals surface area contributed by atoms with Crippen LogP contribution in [0.1, 0.15) is 82.6 Å². The number of aromatic nitrogens is 1. The molecule has 3 heterocycles. The minimum Gasteiger partial charge on any atom is -0.490 e. The molecule has 2 aliphatic heterocycles. The van der Waals surface area contributed by atoms with Crippen molar-refractivity contribution in [2.75, 3.05) is 6.61 Å². The molecule has 4 aromatic carbocycles. The van der Waals surface area contributed by atoms with Gasteiger partial charge in [0, 0.05) is 36.8 Å². The van der Waals surface area contributed by atoms with Crippen LogP contribution in [-0.2, 0) is 29.0 Å². The zero-order chi connectivity index (χ0) is 40.3. The molecule has 0 radical (unpaired) electrons. The van der Waals surface area contributed by atoms with Crippen molar-refractivity contribution in [1.82, 2.24) is 15.2 Å². The zero-order valence-corrected chi connectivity index (χ0v) is 33.1. The van der Waals surface area contributed by atoms with E-state index in [0.717, 1.165) is 69.1 Å². The van der Waals surface area contributed by atoms with Crippen LogP contribution in [0, 0.1) is 19.8 Å². The van der Waals surface area contributed by atoms with E-state index in [0.29, 0.717) is 23.7 Å². The first-order valence-electron chi connectivity index (χ1n) is 20.2. The number of aryl methyl sites for hydroxylation is 1. The molecule has 10 nitrogen and oxygen atoms in total. The van der Waals surface area contributed by atoms with Crippen molar-refractivity contribution in [1.29, 1.82) is 0 Å². The molecule has 58 heavy (non-hydrogen) atoms. The molecule has 8 rings (SSSR count). The second kappa shape index (κ2) is 16.7. The van der Waals surface area contributed by atoms with Gasteiger partial charge in [-0.2, -0.15) is 0 Å². The van der Waals surface area contributed by atoms with E-state index >= 15 is 0 Å². The van der Waals surface area contributed by atoms with Gasteiger partial charge >= 0.3 is 5.97 Å². The van der Waals surface area contributed by atoms with Crippen LogP contribution in [0.25, 0.3) is 11.1 Å². The molecule has 10 heteroatoms. The molecule has 298 valence electrons. The Hall–Kier alpha value is -6.16. The summed E-state index contributed by atoms with van der Waals surface area (Å²) >= 11 is 0. The lowest BCUT2D eigenvalue weighted by atomic mass is 9.89. The Bertz CT molecular complexity index is 2290. The number of carbonyl (C=O) groups is 3. The van der Waals surface area contributed by atoms with E-state index in [2.05, 4.69) is 17.2 Å². The predicted molar refractivity (Wildman–Crippen MR) is 220 cm³/mol. The van der Waals surface area contributed by atoms with Gasteiger partial charge in [-0.3, -0.25) is 14.6 Å². The summed E-state index contributed by atoms with van der Waals surface area (Å²) < 4.78 is 19.0. The molecule has 1 saturated carbocycles. The number of benzene rings is 4.